The molecule has 8 atom stereocenters. The zero-order valence-corrected chi connectivity index (χ0v) is 21.4. The van der Waals surface area contributed by atoms with E-state index in [4.69, 9.17) is 4.74 Å². The van der Waals surface area contributed by atoms with E-state index in [1.165, 1.54) is 25.7 Å². The molecule has 0 saturated heterocycles. The van der Waals surface area contributed by atoms with Crippen LogP contribution in [0.2, 0.25) is 0 Å². The summed E-state index contributed by atoms with van der Waals surface area (Å²) in [5, 5.41) is 15.5. The van der Waals surface area contributed by atoms with Crippen molar-refractivity contribution in [1.82, 2.24) is 9.78 Å². The lowest BCUT2D eigenvalue weighted by molar-refractivity contribution is -0.195. The number of fused-ring (bicyclic) bond motifs is 5. The van der Waals surface area contributed by atoms with Crippen molar-refractivity contribution >= 4 is 5.78 Å². The third kappa shape index (κ3) is 3.55. The van der Waals surface area contributed by atoms with Crippen LogP contribution < -0.4 is 0 Å². The van der Waals surface area contributed by atoms with E-state index in [1.54, 1.807) is 7.11 Å². The molecule has 4 aliphatic carbocycles. The van der Waals surface area contributed by atoms with E-state index in [9.17, 15) is 9.90 Å². The standard InChI is InChI=1S/C28H44N2O3/c1-19-15-29-30(16-19)17-22(31)21-6-7-23-26(21,3)11-9-24-25(2)12-13-28(32,18-33-5)14-20(25)8-10-27(23,24)4/h15-16,20-21,23-24,32H,6-14,17-18H2,1-5H3/t20-,21+,23+,24+,25-,26+,27-,28+/m0/s1. The average molecular weight is 457 g/mol. The highest BCUT2D eigenvalue weighted by atomic mass is 16.5. The first-order valence-electron chi connectivity index (χ1n) is 13.3. The van der Waals surface area contributed by atoms with E-state index < -0.39 is 5.60 Å². The van der Waals surface area contributed by atoms with Gasteiger partial charge in [-0.2, -0.15) is 5.10 Å². The van der Waals surface area contributed by atoms with Gasteiger partial charge in [0.2, 0.25) is 0 Å². The molecule has 4 saturated carbocycles. The molecule has 5 rings (SSSR count). The Balaban J connectivity index is 1.37. The summed E-state index contributed by atoms with van der Waals surface area (Å²) in [6.45, 7) is 10.4. The monoisotopic (exact) mass is 456 g/mol. The van der Waals surface area contributed by atoms with Gasteiger partial charge in [0, 0.05) is 19.2 Å². The lowest BCUT2D eigenvalue weighted by atomic mass is 9.39. The number of methoxy groups -OCH3 is 1. The highest BCUT2D eigenvalue weighted by Gasteiger charge is 2.66. The van der Waals surface area contributed by atoms with Crippen molar-refractivity contribution in [2.24, 2.45) is 39.9 Å². The molecular weight excluding hydrogens is 412 g/mol. The van der Waals surface area contributed by atoms with E-state index in [2.05, 4.69) is 25.9 Å². The van der Waals surface area contributed by atoms with Crippen LogP contribution in [0, 0.1) is 46.8 Å². The summed E-state index contributed by atoms with van der Waals surface area (Å²) < 4.78 is 7.21. The maximum atomic E-state index is 13.5. The number of ether oxygens (including phenoxy) is 1. The van der Waals surface area contributed by atoms with Gasteiger partial charge in [0.1, 0.15) is 0 Å². The average Bonchev–Trinajstić information content (AvgIpc) is 3.32. The summed E-state index contributed by atoms with van der Waals surface area (Å²) in [6, 6.07) is 0. The second kappa shape index (κ2) is 7.91. The van der Waals surface area contributed by atoms with Gasteiger partial charge in [0.25, 0.3) is 0 Å². The first-order chi connectivity index (χ1) is 15.5. The number of aromatic nitrogens is 2. The Hall–Kier alpha value is -1.20. The summed E-state index contributed by atoms with van der Waals surface area (Å²) in [4.78, 5) is 13.5. The summed E-state index contributed by atoms with van der Waals surface area (Å²) in [6.07, 6.45) is 13.7. The molecule has 5 heteroatoms. The van der Waals surface area contributed by atoms with E-state index in [-0.39, 0.29) is 11.3 Å². The molecule has 1 aromatic rings. The minimum Gasteiger partial charge on any atom is -0.387 e. The molecular formula is C28H44N2O3. The number of aliphatic hydroxyl groups is 1. The van der Waals surface area contributed by atoms with Crippen LogP contribution >= 0.6 is 0 Å². The molecule has 0 amide bonds. The van der Waals surface area contributed by atoms with Gasteiger partial charge in [-0.05, 0) is 104 Å². The Morgan fingerprint density at radius 1 is 1.06 bits per heavy atom. The normalized spacial score (nSPS) is 47.0. The second-order valence-electron chi connectivity index (χ2n) is 13.1. The molecule has 0 unspecified atom stereocenters. The topological polar surface area (TPSA) is 64.3 Å². The minimum absolute atomic E-state index is 0.110. The van der Waals surface area contributed by atoms with Crippen LogP contribution in [0.25, 0.3) is 0 Å². The van der Waals surface area contributed by atoms with Gasteiger partial charge in [-0.3, -0.25) is 9.48 Å². The fourth-order valence-electron chi connectivity index (χ4n) is 9.75. The lowest BCUT2D eigenvalue weighted by Gasteiger charge is -2.66. The molecule has 4 fully saturated rings. The van der Waals surface area contributed by atoms with Gasteiger partial charge in [-0.1, -0.05) is 20.8 Å². The smallest absolute Gasteiger partial charge is 0.157 e. The Morgan fingerprint density at radius 3 is 2.48 bits per heavy atom. The van der Waals surface area contributed by atoms with Gasteiger partial charge in [0.05, 0.1) is 24.9 Å². The lowest BCUT2D eigenvalue weighted by Crippen LogP contribution is -2.60. The third-order valence-electron chi connectivity index (χ3n) is 11.3. The summed E-state index contributed by atoms with van der Waals surface area (Å²) in [7, 11) is 1.71. The largest absolute Gasteiger partial charge is 0.387 e. The molecule has 5 nitrogen and oxygen atoms in total. The highest BCUT2D eigenvalue weighted by molar-refractivity contribution is 5.82. The molecule has 0 aliphatic heterocycles. The van der Waals surface area contributed by atoms with Crippen LogP contribution in [0.5, 0.6) is 0 Å². The van der Waals surface area contributed by atoms with Gasteiger partial charge < -0.3 is 9.84 Å². The number of carbonyl (C=O) groups is 1. The number of hydrogen-bond donors (Lipinski definition) is 1. The van der Waals surface area contributed by atoms with Crippen LogP contribution in [-0.4, -0.2) is 40.0 Å². The molecule has 0 aromatic carbocycles. The van der Waals surface area contributed by atoms with Crippen LogP contribution in [0.4, 0.5) is 0 Å². The molecule has 0 radical (unpaired) electrons. The Morgan fingerprint density at radius 2 is 1.79 bits per heavy atom. The van der Waals surface area contributed by atoms with Crippen LogP contribution in [0.3, 0.4) is 0 Å². The number of hydrogen-bond acceptors (Lipinski definition) is 4. The quantitative estimate of drug-likeness (QED) is 0.662. The first-order valence-corrected chi connectivity index (χ1v) is 13.3. The van der Waals surface area contributed by atoms with Crippen molar-refractivity contribution in [3.63, 3.8) is 0 Å². The Bertz CT molecular complexity index is 913. The fraction of sp³-hybridized carbons (Fsp3) is 0.857. The van der Waals surface area contributed by atoms with Crippen molar-refractivity contribution in [2.45, 2.75) is 97.6 Å². The zero-order chi connectivity index (χ0) is 23.6. The van der Waals surface area contributed by atoms with E-state index in [1.807, 2.05) is 24.0 Å². The summed E-state index contributed by atoms with van der Waals surface area (Å²) in [5.74, 6) is 2.43. The molecule has 1 heterocycles. The van der Waals surface area contributed by atoms with Crippen molar-refractivity contribution in [3.05, 3.63) is 18.0 Å². The van der Waals surface area contributed by atoms with E-state index in [0.717, 1.165) is 37.7 Å². The number of carbonyl (C=O) groups excluding carboxylic acids is 1. The van der Waals surface area contributed by atoms with Gasteiger partial charge in [-0.15, -0.1) is 0 Å². The predicted molar refractivity (Wildman–Crippen MR) is 129 cm³/mol. The Labute approximate surface area is 199 Å². The van der Waals surface area contributed by atoms with Crippen molar-refractivity contribution in [3.8, 4) is 0 Å². The van der Waals surface area contributed by atoms with Gasteiger partial charge in [0.15, 0.2) is 5.78 Å². The second-order valence-corrected chi connectivity index (χ2v) is 13.1. The maximum absolute atomic E-state index is 13.5. The molecule has 4 aliphatic rings. The molecule has 1 aromatic heterocycles. The van der Waals surface area contributed by atoms with Crippen LogP contribution in [0.15, 0.2) is 12.4 Å². The zero-order valence-electron chi connectivity index (χ0n) is 21.4. The van der Waals surface area contributed by atoms with Crippen molar-refractivity contribution in [2.75, 3.05) is 13.7 Å². The van der Waals surface area contributed by atoms with Crippen LogP contribution in [0.1, 0.15) is 84.1 Å². The number of Topliss-reactive ketones (excluding diaryl/α,β-unsaturated/α-hetero) is 1. The third-order valence-corrected chi connectivity index (χ3v) is 11.3. The summed E-state index contributed by atoms with van der Waals surface area (Å²) in [5.41, 5.74) is 1.17. The number of aryl methyl sites for hydroxylation is 1. The molecule has 184 valence electrons. The highest BCUT2D eigenvalue weighted by Crippen LogP contribution is 2.72. The molecule has 0 spiro atoms. The summed E-state index contributed by atoms with van der Waals surface area (Å²) >= 11 is 0. The minimum atomic E-state index is -0.647. The SMILES string of the molecule is COC[C@@]1(O)CC[C@@]2(C)[C@@H](CC[C@]3(C)[C@@H]2CC[C@@]2(C)[C@H]3CC[C@@H]2C(=O)Cn2cc(C)cn2)C1. The molecule has 1 N–H and O–H groups in total. The number of nitrogens with zero attached hydrogens (tertiary/aromatic N) is 2. The maximum Gasteiger partial charge on any atom is 0.157 e. The molecule has 33 heavy (non-hydrogen) atoms. The van der Waals surface area contributed by atoms with E-state index >= 15 is 0 Å². The van der Waals surface area contributed by atoms with Gasteiger partial charge >= 0.3 is 0 Å². The van der Waals surface area contributed by atoms with Crippen LogP contribution in [-0.2, 0) is 16.1 Å². The van der Waals surface area contributed by atoms with E-state index in [0.29, 0.717) is 47.5 Å². The fourth-order valence-corrected chi connectivity index (χ4v) is 9.75. The van der Waals surface area contributed by atoms with Crippen molar-refractivity contribution < 1.29 is 14.6 Å². The number of ketones is 1. The Kier molecular flexibility index (Phi) is 5.64. The predicted octanol–water partition coefficient (Wildman–Crippen LogP) is 5.19. The molecule has 0 bridgehead atoms. The first kappa shape index (κ1) is 23.5. The van der Waals surface area contributed by atoms with Gasteiger partial charge in [-0.25, -0.2) is 0 Å². The van der Waals surface area contributed by atoms with Crippen molar-refractivity contribution in [1.29, 1.82) is 0 Å². The number of rotatable bonds is 5.